The maximum absolute atomic E-state index is 3.60. The van der Waals surface area contributed by atoms with Crippen molar-refractivity contribution in [2.75, 3.05) is 19.6 Å². The Balaban J connectivity index is 1.52. The van der Waals surface area contributed by atoms with Crippen molar-refractivity contribution in [3.63, 3.8) is 0 Å². The van der Waals surface area contributed by atoms with Crippen LogP contribution in [0.1, 0.15) is 65.2 Å². The minimum atomic E-state index is 0.896. The van der Waals surface area contributed by atoms with E-state index in [4.69, 9.17) is 0 Å². The fourth-order valence-corrected chi connectivity index (χ4v) is 4.48. The summed E-state index contributed by atoms with van der Waals surface area (Å²) in [4.78, 5) is 2.94. The van der Waals surface area contributed by atoms with Gasteiger partial charge in [-0.05, 0) is 82.2 Å². The van der Waals surface area contributed by atoms with Gasteiger partial charge in [0.1, 0.15) is 0 Å². The largest absolute Gasteiger partial charge is 0.316 e. The molecule has 0 aromatic rings. The van der Waals surface area contributed by atoms with Crippen LogP contribution in [0.2, 0.25) is 0 Å². The van der Waals surface area contributed by atoms with Crippen molar-refractivity contribution >= 4 is 0 Å². The molecule has 2 heteroatoms. The minimum Gasteiger partial charge on any atom is -0.316 e. The number of nitrogens with zero attached hydrogens (tertiary/aromatic N) is 1. The molecule has 1 saturated heterocycles. The normalized spacial score (nSPS) is 35.7. The zero-order valence-electron chi connectivity index (χ0n) is 13.6. The second kappa shape index (κ2) is 6.79. The Morgan fingerprint density at radius 2 is 1.60 bits per heavy atom. The first kappa shape index (κ1) is 14.8. The van der Waals surface area contributed by atoms with Crippen molar-refractivity contribution in [3.8, 4) is 0 Å². The molecule has 1 atom stereocenters. The molecule has 1 heterocycles. The molecule has 1 N–H and O–H groups in total. The van der Waals surface area contributed by atoms with Crippen LogP contribution in [0, 0.1) is 17.8 Å². The Morgan fingerprint density at radius 3 is 2.10 bits per heavy atom. The molecule has 0 bridgehead atoms. The highest BCUT2D eigenvalue weighted by Gasteiger charge is 2.37. The van der Waals surface area contributed by atoms with Crippen LogP contribution in [0.5, 0.6) is 0 Å². The molecule has 0 aromatic carbocycles. The molecule has 2 aliphatic carbocycles. The number of nitrogens with one attached hydrogen (secondary N) is 1. The van der Waals surface area contributed by atoms with E-state index < -0.39 is 0 Å². The highest BCUT2D eigenvalue weighted by Crippen LogP contribution is 2.38. The first-order valence-electron chi connectivity index (χ1n) is 9.20. The van der Waals surface area contributed by atoms with Crippen molar-refractivity contribution in [1.82, 2.24) is 10.2 Å². The molecule has 0 aromatic heterocycles. The zero-order valence-corrected chi connectivity index (χ0v) is 13.6. The van der Waals surface area contributed by atoms with Gasteiger partial charge in [-0.1, -0.05) is 13.8 Å². The van der Waals surface area contributed by atoms with Crippen LogP contribution in [0.3, 0.4) is 0 Å². The van der Waals surface area contributed by atoms with Gasteiger partial charge in [0.2, 0.25) is 0 Å². The number of hydrogen-bond donors (Lipinski definition) is 1. The molecule has 20 heavy (non-hydrogen) atoms. The molecule has 1 aliphatic heterocycles. The summed E-state index contributed by atoms with van der Waals surface area (Å²) < 4.78 is 0. The van der Waals surface area contributed by atoms with E-state index in [9.17, 15) is 0 Å². The van der Waals surface area contributed by atoms with E-state index in [1.807, 2.05) is 0 Å². The Labute approximate surface area is 125 Å². The van der Waals surface area contributed by atoms with Crippen molar-refractivity contribution in [2.24, 2.45) is 17.8 Å². The average molecular weight is 278 g/mol. The average Bonchev–Trinajstić information content (AvgIpc) is 3.30. The van der Waals surface area contributed by atoms with E-state index >= 15 is 0 Å². The molecule has 0 spiro atoms. The summed E-state index contributed by atoms with van der Waals surface area (Å²) in [5.41, 5.74) is 0. The lowest BCUT2D eigenvalue weighted by Gasteiger charge is -2.40. The zero-order chi connectivity index (χ0) is 13.9. The second-order valence-electron chi connectivity index (χ2n) is 7.95. The van der Waals surface area contributed by atoms with E-state index in [0.29, 0.717) is 0 Å². The van der Waals surface area contributed by atoms with Crippen molar-refractivity contribution < 1.29 is 0 Å². The fourth-order valence-electron chi connectivity index (χ4n) is 4.48. The highest BCUT2D eigenvalue weighted by molar-refractivity contribution is 4.92. The molecule has 116 valence electrons. The second-order valence-corrected chi connectivity index (χ2v) is 7.95. The smallest absolute Gasteiger partial charge is 0.00994 e. The summed E-state index contributed by atoms with van der Waals surface area (Å²) in [5, 5.41) is 3.60. The van der Waals surface area contributed by atoms with Crippen LogP contribution >= 0.6 is 0 Å². The molecule has 0 radical (unpaired) electrons. The first-order chi connectivity index (χ1) is 9.74. The van der Waals surface area contributed by atoms with Gasteiger partial charge in [0.05, 0.1) is 0 Å². The third-order valence-corrected chi connectivity index (χ3v) is 6.04. The predicted molar refractivity (Wildman–Crippen MR) is 85.9 cm³/mol. The number of piperidine rings is 1. The van der Waals surface area contributed by atoms with E-state index in [-0.39, 0.29) is 0 Å². The van der Waals surface area contributed by atoms with E-state index in [2.05, 4.69) is 24.1 Å². The van der Waals surface area contributed by atoms with E-state index in [0.717, 1.165) is 29.8 Å². The Morgan fingerprint density at radius 1 is 0.950 bits per heavy atom. The number of hydrogen-bond acceptors (Lipinski definition) is 2. The van der Waals surface area contributed by atoms with Crippen LogP contribution in [-0.2, 0) is 0 Å². The lowest BCUT2D eigenvalue weighted by Crippen LogP contribution is -2.45. The molecular formula is C18H34N2. The van der Waals surface area contributed by atoms with Crippen LogP contribution in [-0.4, -0.2) is 36.6 Å². The highest BCUT2D eigenvalue weighted by atomic mass is 15.2. The van der Waals surface area contributed by atoms with Gasteiger partial charge < -0.3 is 5.32 Å². The Kier molecular flexibility index (Phi) is 5.04. The van der Waals surface area contributed by atoms with E-state index in [1.165, 1.54) is 71.0 Å². The molecule has 2 saturated carbocycles. The van der Waals surface area contributed by atoms with E-state index in [1.54, 1.807) is 0 Å². The topological polar surface area (TPSA) is 15.3 Å². The molecule has 3 rings (SSSR count). The van der Waals surface area contributed by atoms with Gasteiger partial charge in [-0.2, -0.15) is 0 Å². The van der Waals surface area contributed by atoms with Gasteiger partial charge >= 0.3 is 0 Å². The fraction of sp³-hybridized carbons (Fsp3) is 1.00. The van der Waals surface area contributed by atoms with Crippen LogP contribution in [0.25, 0.3) is 0 Å². The Bertz CT molecular complexity index is 284. The molecule has 1 unspecified atom stereocenters. The molecule has 2 nitrogen and oxygen atoms in total. The lowest BCUT2D eigenvalue weighted by molar-refractivity contribution is 0.0938. The van der Waals surface area contributed by atoms with Gasteiger partial charge in [0.15, 0.2) is 0 Å². The summed E-state index contributed by atoms with van der Waals surface area (Å²) in [6.45, 7) is 8.73. The molecule has 0 amide bonds. The molecule has 3 aliphatic rings. The SMILES string of the molecule is CC(C)C1CCC(N(CC2CCCNC2)C2CC2)CC1. The van der Waals surface area contributed by atoms with Crippen molar-refractivity contribution in [1.29, 1.82) is 0 Å². The molecule has 3 fully saturated rings. The van der Waals surface area contributed by atoms with Crippen LogP contribution < -0.4 is 5.32 Å². The van der Waals surface area contributed by atoms with Crippen LogP contribution in [0.4, 0.5) is 0 Å². The maximum Gasteiger partial charge on any atom is 0.00994 e. The molecular weight excluding hydrogens is 244 g/mol. The van der Waals surface area contributed by atoms with Crippen molar-refractivity contribution in [2.45, 2.75) is 77.3 Å². The number of rotatable bonds is 5. The van der Waals surface area contributed by atoms with Crippen molar-refractivity contribution in [3.05, 3.63) is 0 Å². The summed E-state index contributed by atoms with van der Waals surface area (Å²) in [6.07, 6.45) is 11.7. The maximum atomic E-state index is 3.60. The summed E-state index contributed by atoms with van der Waals surface area (Å²) in [6, 6.07) is 1.87. The lowest BCUT2D eigenvalue weighted by atomic mass is 9.79. The minimum absolute atomic E-state index is 0.896. The standard InChI is InChI=1S/C18H34N2/c1-14(2)16-5-7-17(8-6-16)20(18-9-10-18)13-15-4-3-11-19-12-15/h14-19H,3-13H2,1-2H3. The van der Waals surface area contributed by atoms with Crippen LogP contribution in [0.15, 0.2) is 0 Å². The van der Waals surface area contributed by atoms with Gasteiger partial charge in [-0.3, -0.25) is 4.90 Å². The summed E-state index contributed by atoms with van der Waals surface area (Å²) in [5.74, 6) is 2.82. The monoisotopic (exact) mass is 278 g/mol. The van der Waals surface area contributed by atoms with Gasteiger partial charge in [0.25, 0.3) is 0 Å². The third kappa shape index (κ3) is 3.76. The third-order valence-electron chi connectivity index (χ3n) is 6.04. The van der Waals surface area contributed by atoms with Gasteiger partial charge in [-0.25, -0.2) is 0 Å². The summed E-state index contributed by atoms with van der Waals surface area (Å²) >= 11 is 0. The summed E-state index contributed by atoms with van der Waals surface area (Å²) in [7, 11) is 0. The van der Waals surface area contributed by atoms with Gasteiger partial charge in [0, 0.05) is 18.6 Å². The predicted octanol–water partition coefficient (Wildman–Crippen LogP) is 3.67. The Hall–Kier alpha value is -0.0800. The first-order valence-corrected chi connectivity index (χ1v) is 9.20. The quantitative estimate of drug-likeness (QED) is 0.825. The van der Waals surface area contributed by atoms with Gasteiger partial charge in [-0.15, -0.1) is 0 Å².